The largest absolute Gasteiger partial charge is 0.493 e. The third-order valence-electron chi connectivity index (χ3n) is 6.30. The van der Waals surface area contributed by atoms with Crippen LogP contribution in [-0.2, 0) is 16.2 Å². The number of carbonyl (C=O) groups is 2. The third-order valence-corrected chi connectivity index (χ3v) is 6.66. The van der Waals surface area contributed by atoms with Crippen LogP contribution in [0.15, 0.2) is 109 Å². The van der Waals surface area contributed by atoms with Crippen molar-refractivity contribution < 1.29 is 19.1 Å². The predicted molar refractivity (Wildman–Crippen MR) is 157 cm³/mol. The lowest BCUT2D eigenvalue weighted by molar-refractivity contribution is -0.120. The van der Waals surface area contributed by atoms with Crippen LogP contribution in [0.4, 0.5) is 11.4 Å². The van der Waals surface area contributed by atoms with Gasteiger partial charge in [-0.3, -0.25) is 19.4 Å². The Labute approximate surface area is 237 Å². The SMILES string of the molecule is COc1cc(C=C2C(=O)N(c3ccccc3)C(=S)N(c3ccccc3)C2=O)ccc1OCc1ccccc1C#N. The first-order valence-electron chi connectivity index (χ1n) is 12.4. The number of amides is 2. The highest BCUT2D eigenvalue weighted by molar-refractivity contribution is 7.81. The molecule has 1 aliphatic heterocycles. The first-order chi connectivity index (χ1) is 19.5. The van der Waals surface area contributed by atoms with Crippen molar-refractivity contribution in [2.75, 3.05) is 16.9 Å². The second-order valence-electron chi connectivity index (χ2n) is 8.76. The summed E-state index contributed by atoms with van der Waals surface area (Å²) in [6.07, 6.45) is 1.52. The summed E-state index contributed by atoms with van der Waals surface area (Å²) in [4.78, 5) is 30.1. The number of nitrogens with zero attached hydrogens (tertiary/aromatic N) is 3. The topological polar surface area (TPSA) is 82.9 Å². The van der Waals surface area contributed by atoms with E-state index in [4.69, 9.17) is 21.7 Å². The molecule has 0 N–H and O–H groups in total. The van der Waals surface area contributed by atoms with Gasteiger partial charge in [0.25, 0.3) is 11.8 Å². The quantitative estimate of drug-likeness (QED) is 0.164. The number of carbonyl (C=O) groups excluding carboxylic acids is 2. The summed E-state index contributed by atoms with van der Waals surface area (Å²) < 4.78 is 11.5. The summed E-state index contributed by atoms with van der Waals surface area (Å²) in [6.45, 7) is 0.174. The van der Waals surface area contributed by atoms with Crippen molar-refractivity contribution in [1.82, 2.24) is 0 Å². The van der Waals surface area contributed by atoms with Crippen molar-refractivity contribution >= 4 is 46.6 Å². The molecule has 0 saturated carbocycles. The van der Waals surface area contributed by atoms with Gasteiger partial charge in [0.1, 0.15) is 12.2 Å². The van der Waals surface area contributed by atoms with Gasteiger partial charge in [-0.1, -0.05) is 60.7 Å². The van der Waals surface area contributed by atoms with E-state index in [2.05, 4.69) is 6.07 Å². The maximum absolute atomic E-state index is 13.7. The van der Waals surface area contributed by atoms with Crippen LogP contribution >= 0.6 is 12.2 Å². The lowest BCUT2D eigenvalue weighted by Gasteiger charge is -2.36. The normalized spacial score (nSPS) is 13.2. The molecule has 1 saturated heterocycles. The average Bonchev–Trinajstić information content (AvgIpc) is 2.99. The first kappa shape index (κ1) is 26.4. The number of anilines is 2. The predicted octanol–water partition coefficient (Wildman–Crippen LogP) is 5.89. The zero-order valence-corrected chi connectivity index (χ0v) is 22.3. The van der Waals surface area contributed by atoms with E-state index in [1.165, 1.54) is 23.0 Å². The molecule has 0 aromatic heterocycles. The standard InChI is InChI=1S/C32H23N3O4S/c1-38-29-19-22(16-17-28(29)39-21-24-11-9-8-10-23(24)20-33)18-27-30(36)34(25-12-4-2-5-13-25)32(40)35(31(27)37)26-14-6-3-7-15-26/h2-19H,21H2,1H3. The van der Waals surface area contributed by atoms with Crippen LogP contribution < -0.4 is 19.3 Å². The van der Waals surface area contributed by atoms with Gasteiger partial charge in [0, 0.05) is 5.56 Å². The van der Waals surface area contributed by atoms with E-state index in [-0.39, 0.29) is 17.3 Å². The van der Waals surface area contributed by atoms with Crippen LogP contribution in [0, 0.1) is 11.3 Å². The van der Waals surface area contributed by atoms with Crippen molar-refractivity contribution in [3.05, 3.63) is 125 Å². The lowest BCUT2D eigenvalue weighted by Crippen LogP contribution is -2.56. The summed E-state index contributed by atoms with van der Waals surface area (Å²) in [5.41, 5.74) is 2.88. The summed E-state index contributed by atoms with van der Waals surface area (Å²) in [6, 6.07) is 32.4. The van der Waals surface area contributed by atoms with Crippen molar-refractivity contribution in [3.63, 3.8) is 0 Å². The molecule has 2 amide bonds. The first-order valence-corrected chi connectivity index (χ1v) is 12.8. The zero-order valence-electron chi connectivity index (χ0n) is 21.5. The van der Waals surface area contributed by atoms with Crippen LogP contribution in [0.5, 0.6) is 11.5 Å². The molecule has 0 atom stereocenters. The Balaban J connectivity index is 1.50. The molecule has 4 aromatic carbocycles. The van der Waals surface area contributed by atoms with Crippen LogP contribution in [0.2, 0.25) is 0 Å². The molecule has 5 rings (SSSR count). The van der Waals surface area contributed by atoms with Gasteiger partial charge in [-0.25, -0.2) is 0 Å². The van der Waals surface area contributed by atoms with Crippen LogP contribution in [0.3, 0.4) is 0 Å². The van der Waals surface area contributed by atoms with Gasteiger partial charge in [-0.2, -0.15) is 5.26 Å². The number of hydrogen-bond acceptors (Lipinski definition) is 6. The highest BCUT2D eigenvalue weighted by Crippen LogP contribution is 2.33. The highest BCUT2D eigenvalue weighted by Gasteiger charge is 2.41. The van der Waals surface area contributed by atoms with Gasteiger partial charge in [-0.05, 0) is 66.3 Å². The van der Waals surface area contributed by atoms with Gasteiger partial charge < -0.3 is 9.47 Å². The maximum atomic E-state index is 13.7. The number of hydrogen-bond donors (Lipinski definition) is 0. The Morgan fingerprint density at radius 1 is 0.800 bits per heavy atom. The minimum Gasteiger partial charge on any atom is -0.493 e. The van der Waals surface area contributed by atoms with Gasteiger partial charge in [0.2, 0.25) is 0 Å². The smallest absolute Gasteiger partial charge is 0.270 e. The molecule has 40 heavy (non-hydrogen) atoms. The van der Waals surface area contributed by atoms with Gasteiger partial charge in [0.15, 0.2) is 16.6 Å². The Morgan fingerprint density at radius 2 is 1.38 bits per heavy atom. The van der Waals surface area contributed by atoms with E-state index in [9.17, 15) is 14.9 Å². The van der Waals surface area contributed by atoms with Crippen molar-refractivity contribution in [1.29, 1.82) is 5.26 Å². The van der Waals surface area contributed by atoms with E-state index < -0.39 is 11.8 Å². The molecule has 1 heterocycles. The molecular weight excluding hydrogens is 522 g/mol. The summed E-state index contributed by atoms with van der Waals surface area (Å²) in [5, 5.41) is 9.42. The Hall–Kier alpha value is -5.26. The zero-order chi connectivity index (χ0) is 28.1. The monoisotopic (exact) mass is 545 g/mol. The fourth-order valence-electron chi connectivity index (χ4n) is 4.31. The number of rotatable bonds is 7. The summed E-state index contributed by atoms with van der Waals surface area (Å²) >= 11 is 5.65. The number of methoxy groups -OCH3 is 1. The van der Waals surface area contributed by atoms with E-state index in [1.54, 1.807) is 78.9 Å². The molecule has 0 aliphatic carbocycles. The highest BCUT2D eigenvalue weighted by atomic mass is 32.1. The summed E-state index contributed by atoms with van der Waals surface area (Å²) in [7, 11) is 1.51. The molecule has 4 aromatic rings. The van der Waals surface area contributed by atoms with E-state index >= 15 is 0 Å². The molecule has 0 unspecified atom stereocenters. The van der Waals surface area contributed by atoms with Crippen LogP contribution in [0.1, 0.15) is 16.7 Å². The third kappa shape index (κ3) is 5.19. The fraction of sp³-hybridized carbons (Fsp3) is 0.0625. The number of ether oxygens (including phenoxy) is 2. The Bertz CT molecular complexity index is 1600. The van der Waals surface area contributed by atoms with Crippen LogP contribution in [0.25, 0.3) is 6.08 Å². The van der Waals surface area contributed by atoms with Gasteiger partial charge in [0.05, 0.1) is 30.1 Å². The molecule has 0 radical (unpaired) electrons. The molecule has 196 valence electrons. The van der Waals surface area contributed by atoms with Crippen molar-refractivity contribution in [2.24, 2.45) is 0 Å². The van der Waals surface area contributed by atoms with E-state index in [0.29, 0.717) is 34.0 Å². The average molecular weight is 546 g/mol. The van der Waals surface area contributed by atoms with E-state index in [1.807, 2.05) is 24.3 Å². The van der Waals surface area contributed by atoms with E-state index in [0.717, 1.165) is 5.56 Å². The molecule has 1 fully saturated rings. The van der Waals surface area contributed by atoms with Gasteiger partial charge >= 0.3 is 0 Å². The summed E-state index contributed by atoms with van der Waals surface area (Å²) in [5.74, 6) is -0.187. The lowest BCUT2D eigenvalue weighted by atomic mass is 10.0. The van der Waals surface area contributed by atoms with Crippen LogP contribution in [-0.4, -0.2) is 24.0 Å². The van der Waals surface area contributed by atoms with Crippen molar-refractivity contribution in [2.45, 2.75) is 6.61 Å². The number of nitriles is 1. The Morgan fingerprint density at radius 3 is 1.95 bits per heavy atom. The molecular formula is C32H23N3O4S. The van der Waals surface area contributed by atoms with Gasteiger partial charge in [-0.15, -0.1) is 0 Å². The molecule has 8 heteroatoms. The number of benzene rings is 4. The molecule has 0 spiro atoms. The molecule has 0 bridgehead atoms. The fourth-order valence-corrected chi connectivity index (χ4v) is 4.69. The molecule has 7 nitrogen and oxygen atoms in total. The second-order valence-corrected chi connectivity index (χ2v) is 9.13. The Kier molecular flexibility index (Phi) is 7.67. The minimum absolute atomic E-state index is 0.0556. The number of para-hydroxylation sites is 2. The second kappa shape index (κ2) is 11.6. The minimum atomic E-state index is -0.527. The number of thiocarbonyl (C=S) groups is 1. The van der Waals surface area contributed by atoms with Crippen molar-refractivity contribution in [3.8, 4) is 17.6 Å². The maximum Gasteiger partial charge on any atom is 0.270 e. The molecule has 1 aliphatic rings.